The average Bonchev–Trinajstić information content (AvgIpc) is 2.85. The van der Waals surface area contributed by atoms with Crippen molar-refractivity contribution in [2.75, 3.05) is 19.8 Å². The molecule has 10 N–H and O–H groups in total. The van der Waals surface area contributed by atoms with Gasteiger partial charge in [-0.1, -0.05) is 6.07 Å². The number of aromatic hydroxyl groups is 2. The molecule has 0 bridgehead atoms. The highest BCUT2D eigenvalue weighted by molar-refractivity contribution is 5.87. The molecule has 1 saturated heterocycles. The Morgan fingerprint density at radius 3 is 2.26 bits per heavy atom. The summed E-state index contributed by atoms with van der Waals surface area (Å²) in [5.74, 6) is -1.62. The maximum absolute atomic E-state index is 12.0. The summed E-state index contributed by atoms with van der Waals surface area (Å²) in [4.78, 5) is 12.0. The second kappa shape index (κ2) is 13.1. The van der Waals surface area contributed by atoms with Gasteiger partial charge in [0.1, 0.15) is 55.4 Å². The minimum absolute atomic E-state index is 0.341. The fourth-order valence-electron chi connectivity index (χ4n) is 3.07. The van der Waals surface area contributed by atoms with Crippen LogP contribution in [0.25, 0.3) is 6.08 Å². The van der Waals surface area contributed by atoms with Gasteiger partial charge in [-0.05, 0) is 23.8 Å². The molecule has 1 aromatic carbocycles. The Kier molecular flexibility index (Phi) is 10.8. The maximum Gasteiger partial charge on any atom is 0.330 e. The topological polar surface area (TPSA) is 247 Å². The summed E-state index contributed by atoms with van der Waals surface area (Å²) in [5.41, 5.74) is 0.371. The molecule has 198 valence electrons. The van der Waals surface area contributed by atoms with Crippen LogP contribution in [0.5, 0.6) is 11.5 Å². The van der Waals surface area contributed by atoms with Gasteiger partial charge in [-0.25, -0.2) is 4.79 Å². The molecule has 0 amide bonds. The summed E-state index contributed by atoms with van der Waals surface area (Å²) < 4.78 is 15.4. The second-order valence-corrected chi connectivity index (χ2v) is 7.86. The van der Waals surface area contributed by atoms with Crippen LogP contribution in [-0.2, 0) is 19.0 Å². The van der Waals surface area contributed by atoms with Crippen LogP contribution < -0.4 is 0 Å². The third kappa shape index (κ3) is 7.81. The molecular formula is C21H30O14. The highest BCUT2D eigenvalue weighted by atomic mass is 16.7. The van der Waals surface area contributed by atoms with Gasteiger partial charge >= 0.3 is 5.97 Å². The van der Waals surface area contributed by atoms with E-state index in [0.717, 1.165) is 6.08 Å². The van der Waals surface area contributed by atoms with Crippen LogP contribution in [0.1, 0.15) is 5.56 Å². The van der Waals surface area contributed by atoms with Crippen LogP contribution in [0.3, 0.4) is 0 Å². The van der Waals surface area contributed by atoms with Crippen LogP contribution >= 0.6 is 0 Å². The number of hydrogen-bond acceptors (Lipinski definition) is 14. The van der Waals surface area contributed by atoms with E-state index in [2.05, 4.69) is 0 Å². The lowest BCUT2D eigenvalue weighted by molar-refractivity contribution is -0.307. The molecule has 1 fully saturated rings. The molecule has 14 nitrogen and oxygen atoms in total. The van der Waals surface area contributed by atoms with Gasteiger partial charge in [-0.3, -0.25) is 0 Å². The first-order valence-corrected chi connectivity index (χ1v) is 10.5. The molecule has 0 aromatic heterocycles. The molecule has 1 aliphatic rings. The molecule has 0 spiro atoms. The number of benzene rings is 1. The van der Waals surface area contributed by atoms with Crippen molar-refractivity contribution in [3.05, 3.63) is 29.8 Å². The molecule has 0 saturated carbocycles. The van der Waals surface area contributed by atoms with Crippen molar-refractivity contribution in [3.8, 4) is 11.5 Å². The van der Waals surface area contributed by atoms with Gasteiger partial charge in [-0.2, -0.15) is 0 Å². The fraction of sp³-hybridized carbons (Fsp3) is 0.571. The van der Waals surface area contributed by atoms with E-state index in [1.807, 2.05) is 0 Å². The summed E-state index contributed by atoms with van der Waals surface area (Å²) >= 11 is 0. The number of ether oxygens (including phenoxy) is 3. The maximum atomic E-state index is 12.0. The van der Waals surface area contributed by atoms with Gasteiger partial charge < -0.3 is 65.3 Å². The van der Waals surface area contributed by atoms with Gasteiger partial charge in [0.15, 0.2) is 17.8 Å². The van der Waals surface area contributed by atoms with Crippen molar-refractivity contribution >= 4 is 12.0 Å². The molecule has 9 atom stereocenters. The fourth-order valence-corrected chi connectivity index (χ4v) is 3.07. The highest BCUT2D eigenvalue weighted by Crippen LogP contribution is 2.26. The van der Waals surface area contributed by atoms with Gasteiger partial charge in [0, 0.05) is 6.08 Å². The zero-order valence-corrected chi connectivity index (χ0v) is 18.3. The van der Waals surface area contributed by atoms with E-state index in [4.69, 9.17) is 19.3 Å². The predicted octanol–water partition coefficient (Wildman–Crippen LogP) is -4.09. The number of phenols is 2. The SMILES string of the molecule is O=C(C=Cc1ccc(O)c(O)c1)OC[C@H]1O[C@@H](OC[C@@H](O)[C@@H](O)[C@H](O)[C@H](O)CO)[C@H](O)[C@@H](O)[C@@H]1O. The van der Waals surface area contributed by atoms with Crippen molar-refractivity contribution in [1.29, 1.82) is 0 Å². The van der Waals surface area contributed by atoms with Crippen molar-refractivity contribution < 1.29 is 70.1 Å². The van der Waals surface area contributed by atoms with Gasteiger partial charge in [0.25, 0.3) is 0 Å². The standard InChI is InChI=1S/C21H30O14/c22-6-12(25)16(28)17(29)13(26)7-34-21-20(32)19(31)18(30)14(35-21)8-33-15(27)4-2-9-1-3-10(23)11(24)5-9/h1-5,12-14,16-26,28-32H,6-8H2/t12-,13-,14-,16-,17-,18-,19+,20-,21-/m1/s1. The summed E-state index contributed by atoms with van der Waals surface area (Å²) in [6, 6.07) is 3.83. The lowest BCUT2D eigenvalue weighted by atomic mass is 9.99. The minimum Gasteiger partial charge on any atom is -0.504 e. The number of phenolic OH excluding ortho intramolecular Hbond substituents is 2. The van der Waals surface area contributed by atoms with Crippen LogP contribution in [0, 0.1) is 0 Å². The summed E-state index contributed by atoms with van der Waals surface area (Å²) in [5, 5.41) is 96.4. The van der Waals surface area contributed by atoms with Gasteiger partial charge in [-0.15, -0.1) is 0 Å². The molecule has 1 aromatic rings. The zero-order valence-electron chi connectivity index (χ0n) is 18.3. The average molecular weight is 506 g/mol. The molecule has 0 radical (unpaired) electrons. The number of hydrogen-bond donors (Lipinski definition) is 10. The minimum atomic E-state index is -1.94. The first-order valence-electron chi connectivity index (χ1n) is 10.5. The Morgan fingerprint density at radius 2 is 1.63 bits per heavy atom. The summed E-state index contributed by atoms with van der Waals surface area (Å²) in [6.07, 6.45) is -13.4. The Bertz CT molecular complexity index is 847. The lowest BCUT2D eigenvalue weighted by Crippen LogP contribution is -2.60. The molecule has 35 heavy (non-hydrogen) atoms. The third-order valence-electron chi connectivity index (χ3n) is 5.23. The Labute approximate surface area is 199 Å². The van der Waals surface area contributed by atoms with Crippen LogP contribution in [-0.4, -0.2) is 132 Å². The van der Waals surface area contributed by atoms with Crippen LogP contribution in [0.15, 0.2) is 24.3 Å². The monoisotopic (exact) mass is 506 g/mol. The Morgan fingerprint density at radius 1 is 0.971 bits per heavy atom. The van der Waals surface area contributed by atoms with E-state index in [1.165, 1.54) is 24.3 Å². The number of aliphatic hydroxyl groups excluding tert-OH is 8. The van der Waals surface area contributed by atoms with Gasteiger partial charge in [0.05, 0.1) is 13.2 Å². The number of rotatable bonds is 11. The molecule has 14 heteroatoms. The number of carbonyl (C=O) groups excluding carboxylic acids is 1. The number of esters is 1. The Balaban J connectivity index is 1.91. The van der Waals surface area contributed by atoms with Crippen molar-refractivity contribution in [3.63, 3.8) is 0 Å². The molecule has 2 rings (SSSR count). The highest BCUT2D eigenvalue weighted by Gasteiger charge is 2.45. The van der Waals surface area contributed by atoms with Gasteiger partial charge in [0.2, 0.25) is 0 Å². The lowest BCUT2D eigenvalue weighted by Gasteiger charge is -2.40. The number of aliphatic hydroxyl groups is 8. The third-order valence-corrected chi connectivity index (χ3v) is 5.23. The number of carbonyl (C=O) groups is 1. The van der Waals surface area contributed by atoms with E-state index in [0.29, 0.717) is 5.56 Å². The van der Waals surface area contributed by atoms with Crippen molar-refractivity contribution in [1.82, 2.24) is 0 Å². The zero-order chi connectivity index (χ0) is 26.3. The Hall–Kier alpha value is -2.37. The van der Waals surface area contributed by atoms with E-state index in [9.17, 15) is 50.8 Å². The van der Waals surface area contributed by atoms with E-state index >= 15 is 0 Å². The first-order chi connectivity index (χ1) is 16.5. The predicted molar refractivity (Wildman–Crippen MR) is 114 cm³/mol. The van der Waals surface area contributed by atoms with E-state index < -0.39 is 86.7 Å². The molecular weight excluding hydrogens is 476 g/mol. The summed E-state index contributed by atoms with van der Waals surface area (Å²) in [7, 11) is 0. The van der Waals surface area contributed by atoms with Crippen LogP contribution in [0.4, 0.5) is 0 Å². The molecule has 0 aliphatic carbocycles. The molecule has 0 unspecified atom stereocenters. The molecule has 1 heterocycles. The van der Waals surface area contributed by atoms with Crippen molar-refractivity contribution in [2.24, 2.45) is 0 Å². The van der Waals surface area contributed by atoms with Crippen molar-refractivity contribution in [2.45, 2.75) is 55.1 Å². The first kappa shape index (κ1) is 28.9. The normalized spacial score (nSPS) is 28.4. The quantitative estimate of drug-likeness (QED) is 0.0779. The molecule has 1 aliphatic heterocycles. The van der Waals surface area contributed by atoms with E-state index in [-0.39, 0.29) is 5.75 Å². The smallest absolute Gasteiger partial charge is 0.330 e. The largest absolute Gasteiger partial charge is 0.504 e. The summed E-state index contributed by atoms with van der Waals surface area (Å²) in [6.45, 7) is -2.22. The van der Waals surface area contributed by atoms with Crippen LogP contribution in [0.2, 0.25) is 0 Å². The second-order valence-electron chi connectivity index (χ2n) is 7.86. The van der Waals surface area contributed by atoms with E-state index in [1.54, 1.807) is 0 Å².